The van der Waals surface area contributed by atoms with Gasteiger partial charge >= 0.3 is 0 Å². The molecule has 0 amide bonds. The van der Waals surface area contributed by atoms with E-state index in [9.17, 15) is 17.4 Å². The molecule has 0 saturated carbocycles. The molecule has 6 heteroatoms. The first-order valence-electron chi connectivity index (χ1n) is 5.34. The first-order chi connectivity index (χ1) is 8.97. The van der Waals surface area contributed by atoms with Gasteiger partial charge in [0.25, 0.3) is 0 Å². The standard InChI is InChI=1S/C13H10F3NOS/c14-9-3-1-8(2-4-9)7-19(18)13-11(15)5-10(17)6-12(13)16/h1-6H,7,17H2. The highest BCUT2D eigenvalue weighted by atomic mass is 32.2. The molecule has 19 heavy (non-hydrogen) atoms. The van der Waals surface area contributed by atoms with Gasteiger partial charge in [-0.05, 0) is 29.8 Å². The maximum absolute atomic E-state index is 13.6. The van der Waals surface area contributed by atoms with E-state index in [0.717, 1.165) is 12.1 Å². The van der Waals surface area contributed by atoms with Crippen LogP contribution in [0.3, 0.4) is 0 Å². The molecule has 1 atom stereocenters. The summed E-state index contributed by atoms with van der Waals surface area (Å²) in [7, 11) is -1.90. The Morgan fingerprint density at radius 2 is 1.53 bits per heavy atom. The van der Waals surface area contributed by atoms with E-state index >= 15 is 0 Å². The SMILES string of the molecule is Nc1cc(F)c(S(=O)Cc2ccc(F)cc2)c(F)c1. The van der Waals surface area contributed by atoms with Crippen LogP contribution in [0.5, 0.6) is 0 Å². The minimum Gasteiger partial charge on any atom is -0.399 e. The van der Waals surface area contributed by atoms with E-state index in [2.05, 4.69) is 0 Å². The van der Waals surface area contributed by atoms with E-state index in [4.69, 9.17) is 5.73 Å². The van der Waals surface area contributed by atoms with Gasteiger partial charge in [-0.1, -0.05) is 12.1 Å². The molecule has 0 aromatic heterocycles. The van der Waals surface area contributed by atoms with E-state index in [0.29, 0.717) is 5.56 Å². The molecule has 0 aliphatic heterocycles. The molecule has 2 rings (SSSR count). The second kappa shape index (κ2) is 5.44. The average Bonchev–Trinajstić information content (AvgIpc) is 2.30. The lowest BCUT2D eigenvalue weighted by molar-refractivity contribution is 0.535. The molecule has 2 nitrogen and oxygen atoms in total. The van der Waals surface area contributed by atoms with Gasteiger partial charge in [-0.25, -0.2) is 13.2 Å². The van der Waals surface area contributed by atoms with Crippen LogP contribution in [0.15, 0.2) is 41.3 Å². The summed E-state index contributed by atoms with van der Waals surface area (Å²) in [4.78, 5) is -0.515. The monoisotopic (exact) mass is 285 g/mol. The van der Waals surface area contributed by atoms with Crippen LogP contribution in [0, 0.1) is 17.5 Å². The van der Waals surface area contributed by atoms with Crippen molar-refractivity contribution in [1.29, 1.82) is 0 Å². The lowest BCUT2D eigenvalue weighted by atomic mass is 10.2. The van der Waals surface area contributed by atoms with Crippen molar-refractivity contribution in [3.63, 3.8) is 0 Å². The van der Waals surface area contributed by atoms with Crippen molar-refractivity contribution in [3.05, 3.63) is 59.4 Å². The summed E-state index contributed by atoms with van der Waals surface area (Å²) in [5, 5.41) is 0. The third kappa shape index (κ3) is 3.14. The highest BCUT2D eigenvalue weighted by Crippen LogP contribution is 2.22. The zero-order valence-corrected chi connectivity index (χ0v) is 10.5. The zero-order chi connectivity index (χ0) is 14.0. The normalized spacial score (nSPS) is 12.4. The molecule has 0 saturated heterocycles. The molecule has 2 aromatic rings. The minimum atomic E-state index is -1.90. The summed E-state index contributed by atoms with van der Waals surface area (Å²) in [5.74, 6) is -2.42. The highest BCUT2D eigenvalue weighted by Gasteiger charge is 2.17. The van der Waals surface area contributed by atoms with Crippen molar-refractivity contribution in [2.75, 3.05) is 5.73 Å². The fourth-order valence-corrected chi connectivity index (χ4v) is 2.79. The molecule has 0 aliphatic carbocycles. The van der Waals surface area contributed by atoms with Crippen LogP contribution < -0.4 is 5.73 Å². The molecule has 2 aromatic carbocycles. The summed E-state index contributed by atoms with van der Waals surface area (Å²) < 4.78 is 51.8. The third-order valence-electron chi connectivity index (χ3n) is 2.46. The Kier molecular flexibility index (Phi) is 3.90. The van der Waals surface area contributed by atoms with Crippen molar-refractivity contribution in [2.24, 2.45) is 0 Å². The first kappa shape index (κ1) is 13.6. The Morgan fingerprint density at radius 1 is 1.00 bits per heavy atom. The van der Waals surface area contributed by atoms with Crippen LogP contribution in [0.1, 0.15) is 5.56 Å². The number of nitrogens with two attached hydrogens (primary N) is 1. The number of halogens is 3. The number of hydrogen-bond acceptors (Lipinski definition) is 2. The van der Waals surface area contributed by atoms with Gasteiger partial charge in [0.1, 0.15) is 22.3 Å². The number of hydrogen-bond donors (Lipinski definition) is 1. The smallest absolute Gasteiger partial charge is 0.144 e. The van der Waals surface area contributed by atoms with E-state index in [1.165, 1.54) is 24.3 Å². The molecule has 0 radical (unpaired) electrons. The van der Waals surface area contributed by atoms with Gasteiger partial charge in [0.05, 0.1) is 16.6 Å². The second-order valence-electron chi connectivity index (χ2n) is 3.93. The molecule has 2 N–H and O–H groups in total. The minimum absolute atomic E-state index is 0.0717. The molecule has 0 fully saturated rings. The fourth-order valence-electron chi connectivity index (χ4n) is 1.60. The van der Waals surface area contributed by atoms with Crippen LogP contribution in [0.4, 0.5) is 18.9 Å². The van der Waals surface area contributed by atoms with Crippen LogP contribution in [0.2, 0.25) is 0 Å². The van der Waals surface area contributed by atoms with Gasteiger partial charge in [0.15, 0.2) is 0 Å². The van der Waals surface area contributed by atoms with Gasteiger partial charge in [-0.2, -0.15) is 0 Å². The highest BCUT2D eigenvalue weighted by molar-refractivity contribution is 7.84. The lowest BCUT2D eigenvalue weighted by Crippen LogP contribution is -2.04. The van der Waals surface area contributed by atoms with E-state index < -0.39 is 33.1 Å². The molecule has 0 bridgehead atoms. The Bertz CT molecular complexity index is 605. The maximum atomic E-state index is 13.6. The molecular weight excluding hydrogens is 275 g/mol. The Morgan fingerprint density at radius 3 is 2.05 bits per heavy atom. The second-order valence-corrected chi connectivity index (χ2v) is 5.32. The Hall–Kier alpha value is -1.82. The summed E-state index contributed by atoms with van der Waals surface area (Å²) >= 11 is 0. The van der Waals surface area contributed by atoms with E-state index in [-0.39, 0.29) is 11.4 Å². The predicted molar refractivity (Wildman–Crippen MR) is 67.3 cm³/mol. The van der Waals surface area contributed by atoms with Crippen LogP contribution in [-0.2, 0) is 16.6 Å². The maximum Gasteiger partial charge on any atom is 0.144 e. The lowest BCUT2D eigenvalue weighted by Gasteiger charge is -2.06. The Balaban J connectivity index is 2.28. The molecular formula is C13H10F3NOS. The molecule has 0 aliphatic rings. The molecule has 1 unspecified atom stereocenters. The van der Waals surface area contributed by atoms with Crippen molar-refractivity contribution >= 4 is 16.5 Å². The number of rotatable bonds is 3. The molecule has 0 spiro atoms. The van der Waals surface area contributed by atoms with E-state index in [1.807, 2.05) is 0 Å². The van der Waals surface area contributed by atoms with Gasteiger partial charge in [0, 0.05) is 5.69 Å². The summed E-state index contributed by atoms with van der Waals surface area (Å²) in [6.07, 6.45) is 0. The third-order valence-corrected chi connectivity index (χ3v) is 3.90. The van der Waals surface area contributed by atoms with E-state index in [1.54, 1.807) is 0 Å². The summed E-state index contributed by atoms with van der Waals surface area (Å²) in [6.45, 7) is 0. The van der Waals surface area contributed by atoms with Crippen molar-refractivity contribution in [3.8, 4) is 0 Å². The fraction of sp³-hybridized carbons (Fsp3) is 0.0769. The van der Waals surface area contributed by atoms with Crippen molar-refractivity contribution in [2.45, 2.75) is 10.6 Å². The predicted octanol–water partition coefficient (Wildman–Crippen LogP) is 2.99. The van der Waals surface area contributed by atoms with Gasteiger partial charge in [-0.3, -0.25) is 4.21 Å². The first-order valence-corrected chi connectivity index (χ1v) is 6.66. The summed E-state index contributed by atoms with van der Waals surface area (Å²) in [5.41, 5.74) is 5.73. The molecule has 100 valence electrons. The van der Waals surface area contributed by atoms with Crippen LogP contribution in [0.25, 0.3) is 0 Å². The number of benzene rings is 2. The number of nitrogen functional groups attached to an aromatic ring is 1. The van der Waals surface area contributed by atoms with Crippen molar-refractivity contribution in [1.82, 2.24) is 0 Å². The number of anilines is 1. The Labute approximate surface area is 110 Å². The molecule has 0 heterocycles. The van der Waals surface area contributed by atoms with Crippen LogP contribution in [-0.4, -0.2) is 4.21 Å². The van der Waals surface area contributed by atoms with Gasteiger partial charge in [-0.15, -0.1) is 0 Å². The topological polar surface area (TPSA) is 43.1 Å². The summed E-state index contributed by atoms with van der Waals surface area (Å²) in [6, 6.07) is 7.06. The van der Waals surface area contributed by atoms with Gasteiger partial charge in [0.2, 0.25) is 0 Å². The quantitative estimate of drug-likeness (QED) is 0.881. The van der Waals surface area contributed by atoms with Gasteiger partial charge < -0.3 is 5.73 Å². The van der Waals surface area contributed by atoms with Crippen LogP contribution >= 0.6 is 0 Å². The average molecular weight is 285 g/mol. The zero-order valence-electron chi connectivity index (χ0n) is 9.70. The largest absolute Gasteiger partial charge is 0.399 e. The van der Waals surface area contributed by atoms with Crippen molar-refractivity contribution < 1.29 is 17.4 Å².